The van der Waals surface area contributed by atoms with Crippen molar-refractivity contribution in [2.45, 2.75) is 4.90 Å². The minimum Gasteiger partial charge on any atom is -0.382 e. The molecule has 4 N–H and O–H groups in total. The van der Waals surface area contributed by atoms with Crippen molar-refractivity contribution >= 4 is 38.4 Å². The summed E-state index contributed by atoms with van der Waals surface area (Å²) in [5.74, 6) is 0.335. The first kappa shape index (κ1) is 13.2. The van der Waals surface area contributed by atoms with Gasteiger partial charge in [0.15, 0.2) is 5.82 Å². The third-order valence-electron chi connectivity index (χ3n) is 2.21. The smallest absolute Gasteiger partial charge is 0.238 e. The van der Waals surface area contributed by atoms with E-state index in [-0.39, 0.29) is 4.90 Å². The summed E-state index contributed by atoms with van der Waals surface area (Å²) in [6.07, 6.45) is 1.49. The highest BCUT2D eigenvalue weighted by Crippen LogP contribution is 2.21. The number of rotatable bonds is 2. The molecule has 94 valence electrons. The van der Waals surface area contributed by atoms with Gasteiger partial charge in [-0.3, -0.25) is 0 Å². The highest BCUT2D eigenvalue weighted by molar-refractivity contribution is 14.1. The lowest BCUT2D eigenvalue weighted by atomic mass is 10.2. The van der Waals surface area contributed by atoms with Crippen LogP contribution in [0.1, 0.15) is 0 Å². The van der Waals surface area contributed by atoms with E-state index in [2.05, 4.69) is 9.97 Å². The van der Waals surface area contributed by atoms with Gasteiger partial charge in [-0.15, -0.1) is 0 Å². The van der Waals surface area contributed by atoms with E-state index in [1.807, 2.05) is 22.6 Å². The summed E-state index contributed by atoms with van der Waals surface area (Å²) in [4.78, 5) is 8.24. The predicted molar refractivity (Wildman–Crippen MR) is 76.0 cm³/mol. The molecule has 0 aliphatic rings. The number of sulfonamides is 1. The van der Waals surface area contributed by atoms with Crippen LogP contribution in [0.25, 0.3) is 11.3 Å². The predicted octanol–water partition coefficient (Wildman–Crippen LogP) is 0.978. The van der Waals surface area contributed by atoms with Crippen LogP contribution in [0, 0.1) is 3.70 Å². The van der Waals surface area contributed by atoms with Crippen LogP contribution in [0.2, 0.25) is 0 Å². The second-order valence-corrected chi connectivity index (χ2v) is 6.09. The summed E-state index contributed by atoms with van der Waals surface area (Å²) in [5, 5.41) is 5.07. The van der Waals surface area contributed by atoms with Crippen LogP contribution in [-0.2, 0) is 10.0 Å². The van der Waals surface area contributed by atoms with Crippen molar-refractivity contribution in [3.05, 3.63) is 34.2 Å². The van der Waals surface area contributed by atoms with Crippen molar-refractivity contribution in [2.75, 3.05) is 5.73 Å². The molecule has 0 atom stereocenters. The van der Waals surface area contributed by atoms with Crippen molar-refractivity contribution in [3.8, 4) is 11.3 Å². The first-order valence-electron chi connectivity index (χ1n) is 4.79. The number of anilines is 1. The van der Waals surface area contributed by atoms with Gasteiger partial charge in [0.05, 0.1) is 16.8 Å². The summed E-state index contributed by atoms with van der Waals surface area (Å²) in [6.45, 7) is 0. The maximum absolute atomic E-state index is 11.3. The molecule has 1 aromatic carbocycles. The average molecular weight is 376 g/mol. The summed E-state index contributed by atoms with van der Waals surface area (Å²) in [6, 6.07) is 6.20. The van der Waals surface area contributed by atoms with Crippen molar-refractivity contribution < 1.29 is 8.42 Å². The third kappa shape index (κ3) is 2.76. The van der Waals surface area contributed by atoms with Gasteiger partial charge in [0, 0.05) is 5.56 Å². The zero-order chi connectivity index (χ0) is 13.3. The zero-order valence-electron chi connectivity index (χ0n) is 9.04. The molecule has 1 aromatic heterocycles. The first-order valence-corrected chi connectivity index (χ1v) is 7.41. The van der Waals surface area contributed by atoms with Gasteiger partial charge in [-0.25, -0.2) is 23.5 Å². The Balaban J connectivity index is 2.55. The number of primary sulfonamides is 1. The lowest BCUT2D eigenvalue weighted by molar-refractivity contribution is 0.598. The lowest BCUT2D eigenvalue weighted by Crippen LogP contribution is -2.12. The Morgan fingerprint density at radius 3 is 2.61 bits per heavy atom. The molecule has 0 bridgehead atoms. The molecular weight excluding hydrogens is 367 g/mol. The van der Waals surface area contributed by atoms with Crippen LogP contribution in [0.15, 0.2) is 35.4 Å². The molecule has 6 nitrogen and oxygen atoms in total. The molecule has 0 amide bonds. The van der Waals surface area contributed by atoms with E-state index in [0.717, 1.165) is 0 Å². The molecule has 0 fully saturated rings. The van der Waals surface area contributed by atoms with Crippen LogP contribution in [0.4, 0.5) is 5.82 Å². The molecule has 2 aromatic rings. The number of hydrogen-bond acceptors (Lipinski definition) is 5. The number of aromatic nitrogens is 2. The largest absolute Gasteiger partial charge is 0.382 e. The van der Waals surface area contributed by atoms with E-state index in [9.17, 15) is 8.42 Å². The summed E-state index contributed by atoms with van der Waals surface area (Å²) >= 11 is 1.96. The molecular formula is C10H9IN4O2S. The Morgan fingerprint density at radius 2 is 2.00 bits per heavy atom. The summed E-state index contributed by atoms with van der Waals surface area (Å²) < 4.78 is 23.1. The fourth-order valence-corrected chi connectivity index (χ4v) is 2.31. The van der Waals surface area contributed by atoms with Gasteiger partial charge in [-0.05, 0) is 34.7 Å². The van der Waals surface area contributed by atoms with E-state index in [4.69, 9.17) is 10.9 Å². The maximum Gasteiger partial charge on any atom is 0.238 e. The van der Waals surface area contributed by atoms with Crippen LogP contribution in [-0.4, -0.2) is 18.4 Å². The summed E-state index contributed by atoms with van der Waals surface area (Å²) in [7, 11) is -3.73. The summed E-state index contributed by atoms with van der Waals surface area (Å²) in [5.41, 5.74) is 6.73. The molecule has 0 saturated carbocycles. The number of nitrogens with zero attached hydrogens (tertiary/aromatic N) is 2. The van der Waals surface area contributed by atoms with Crippen LogP contribution < -0.4 is 10.9 Å². The Hall–Kier alpha value is -1.26. The quantitative estimate of drug-likeness (QED) is 0.759. The molecule has 18 heavy (non-hydrogen) atoms. The fraction of sp³-hybridized carbons (Fsp3) is 0. The van der Waals surface area contributed by atoms with Gasteiger partial charge in [-0.1, -0.05) is 12.1 Å². The second kappa shape index (κ2) is 4.78. The number of halogens is 1. The molecule has 0 aliphatic heterocycles. The minimum atomic E-state index is -3.73. The zero-order valence-corrected chi connectivity index (χ0v) is 12.0. The Bertz CT molecular complexity index is 703. The van der Waals surface area contributed by atoms with Gasteiger partial charge < -0.3 is 5.73 Å². The number of nitrogen functional groups attached to an aromatic ring is 1. The van der Waals surface area contributed by atoms with Gasteiger partial charge in [0.2, 0.25) is 10.0 Å². The van der Waals surface area contributed by atoms with E-state index in [1.165, 1.54) is 18.3 Å². The monoisotopic (exact) mass is 376 g/mol. The molecule has 0 spiro atoms. The van der Waals surface area contributed by atoms with E-state index >= 15 is 0 Å². The first-order chi connectivity index (χ1) is 8.38. The van der Waals surface area contributed by atoms with Gasteiger partial charge >= 0.3 is 0 Å². The molecule has 0 saturated heterocycles. The second-order valence-electron chi connectivity index (χ2n) is 3.50. The van der Waals surface area contributed by atoms with Crippen molar-refractivity contribution in [1.82, 2.24) is 9.97 Å². The van der Waals surface area contributed by atoms with Crippen LogP contribution in [0.5, 0.6) is 0 Å². The lowest BCUT2D eigenvalue weighted by Gasteiger charge is -2.04. The van der Waals surface area contributed by atoms with Crippen LogP contribution >= 0.6 is 22.6 Å². The van der Waals surface area contributed by atoms with Gasteiger partial charge in [-0.2, -0.15) is 0 Å². The molecule has 1 heterocycles. The highest BCUT2D eigenvalue weighted by atomic mass is 127. The van der Waals surface area contributed by atoms with Gasteiger partial charge in [0.25, 0.3) is 0 Å². The van der Waals surface area contributed by atoms with E-state index in [1.54, 1.807) is 12.1 Å². The Morgan fingerprint density at radius 1 is 1.28 bits per heavy atom. The molecule has 8 heteroatoms. The molecule has 0 aliphatic carbocycles. The Kier molecular flexibility index (Phi) is 3.50. The van der Waals surface area contributed by atoms with E-state index < -0.39 is 10.0 Å². The van der Waals surface area contributed by atoms with Gasteiger partial charge in [0.1, 0.15) is 3.70 Å². The number of benzene rings is 1. The molecule has 0 radical (unpaired) electrons. The number of nitrogens with two attached hydrogens (primary N) is 2. The standard InChI is InChI=1S/C10H9IN4O2S/c11-9-10(12)14-5-8(15-9)6-2-1-3-7(4-6)18(13,16)17/h1-5H,(H2,12,14)(H2,13,16,17). The topological polar surface area (TPSA) is 112 Å². The van der Waals surface area contributed by atoms with Crippen LogP contribution in [0.3, 0.4) is 0 Å². The van der Waals surface area contributed by atoms with Crippen molar-refractivity contribution in [3.63, 3.8) is 0 Å². The van der Waals surface area contributed by atoms with E-state index in [0.29, 0.717) is 20.8 Å². The molecule has 0 unspecified atom stereocenters. The SMILES string of the molecule is Nc1ncc(-c2cccc(S(N)(=O)=O)c2)nc1I. The maximum atomic E-state index is 11.3. The number of hydrogen-bond donors (Lipinski definition) is 2. The van der Waals surface area contributed by atoms with Crippen molar-refractivity contribution in [2.24, 2.45) is 5.14 Å². The minimum absolute atomic E-state index is 0.0358. The highest BCUT2D eigenvalue weighted by Gasteiger charge is 2.10. The van der Waals surface area contributed by atoms with Crippen molar-refractivity contribution in [1.29, 1.82) is 0 Å². The normalized spacial score (nSPS) is 11.4. The Labute approximate surface area is 118 Å². The third-order valence-corrected chi connectivity index (χ3v) is 3.92. The average Bonchev–Trinajstić information content (AvgIpc) is 2.32. The fourth-order valence-electron chi connectivity index (χ4n) is 1.35. The molecule has 2 rings (SSSR count).